The van der Waals surface area contributed by atoms with Gasteiger partial charge >= 0.3 is 5.97 Å². The van der Waals surface area contributed by atoms with E-state index in [4.69, 9.17) is 14.2 Å². The highest BCUT2D eigenvalue weighted by atomic mass is 16.6. The maximum Gasteiger partial charge on any atom is 0.363 e. The third-order valence-electron chi connectivity index (χ3n) is 5.35. The molecule has 0 saturated carbocycles. The predicted octanol–water partition coefficient (Wildman–Crippen LogP) is 5.53. The molecule has 3 aromatic carbocycles. The molecule has 0 saturated heterocycles. The second kappa shape index (κ2) is 10.2. The first-order valence-electron chi connectivity index (χ1n) is 11.1. The first-order valence-corrected chi connectivity index (χ1v) is 11.1. The molecule has 35 heavy (non-hydrogen) atoms. The highest BCUT2D eigenvalue weighted by Gasteiger charge is 2.25. The quantitative estimate of drug-likeness (QED) is 0.185. The summed E-state index contributed by atoms with van der Waals surface area (Å²) in [5.41, 5.74) is 3.95. The number of carbonyl (C=O) groups is 1. The first-order chi connectivity index (χ1) is 16.8. The van der Waals surface area contributed by atoms with Crippen LogP contribution in [0, 0.1) is 24.0 Å². The van der Waals surface area contributed by atoms with Gasteiger partial charge in [-0.05, 0) is 62.2 Å². The summed E-state index contributed by atoms with van der Waals surface area (Å²) in [7, 11) is 0. The molecule has 0 unspecified atom stereocenters. The molecule has 0 aromatic heterocycles. The summed E-state index contributed by atoms with van der Waals surface area (Å²) in [5, 5.41) is 11.0. The number of rotatable bonds is 8. The van der Waals surface area contributed by atoms with E-state index in [0.29, 0.717) is 41.4 Å². The zero-order valence-corrected chi connectivity index (χ0v) is 19.6. The minimum atomic E-state index is -0.603. The zero-order chi connectivity index (χ0) is 24.9. The fraction of sp³-hybridized carbons (Fsp3) is 0.185. The van der Waals surface area contributed by atoms with Crippen LogP contribution < -0.4 is 9.47 Å². The van der Waals surface area contributed by atoms with E-state index >= 15 is 0 Å². The SMILES string of the molecule is CCOc1cc(/C=C2\N=C(c3ccc([N+](=O)[O-])c(C)c3)OC2=O)ccc1OCc1ccc(C)cc1. The molecule has 0 atom stereocenters. The van der Waals surface area contributed by atoms with Gasteiger partial charge in [-0.25, -0.2) is 9.79 Å². The second-order valence-corrected chi connectivity index (χ2v) is 8.01. The molecule has 1 heterocycles. The Balaban J connectivity index is 1.56. The van der Waals surface area contributed by atoms with Gasteiger partial charge in [-0.15, -0.1) is 0 Å². The number of nitrogens with zero attached hydrogens (tertiary/aromatic N) is 2. The minimum absolute atomic E-state index is 0.0115. The van der Waals surface area contributed by atoms with Gasteiger partial charge in [-0.3, -0.25) is 10.1 Å². The molecule has 0 bridgehead atoms. The molecular formula is C27H24N2O6. The summed E-state index contributed by atoms with van der Waals surface area (Å²) < 4.78 is 17.0. The Morgan fingerprint density at radius 1 is 1.00 bits per heavy atom. The molecule has 0 fully saturated rings. The van der Waals surface area contributed by atoms with E-state index in [0.717, 1.165) is 5.56 Å². The number of benzene rings is 3. The Bertz CT molecular complexity index is 1340. The van der Waals surface area contributed by atoms with Crippen molar-refractivity contribution in [3.63, 3.8) is 0 Å². The predicted molar refractivity (Wildman–Crippen MR) is 132 cm³/mol. The standard InChI is InChI=1S/C27H24N2O6/c1-4-33-25-15-20(9-12-24(25)34-16-19-7-5-17(2)6-8-19)14-22-27(30)35-26(28-22)21-10-11-23(29(31)32)18(3)13-21/h5-15H,4,16H2,1-3H3/b22-14-. The number of esters is 1. The van der Waals surface area contributed by atoms with E-state index in [1.165, 1.54) is 17.7 Å². The van der Waals surface area contributed by atoms with Crippen LogP contribution in [0.4, 0.5) is 5.69 Å². The number of carbonyl (C=O) groups excluding carboxylic acids is 1. The van der Waals surface area contributed by atoms with Crippen molar-refractivity contribution in [3.05, 3.63) is 104 Å². The monoisotopic (exact) mass is 472 g/mol. The van der Waals surface area contributed by atoms with Crippen molar-refractivity contribution in [2.45, 2.75) is 27.4 Å². The molecule has 0 aliphatic carbocycles. The van der Waals surface area contributed by atoms with Crippen molar-refractivity contribution in [1.29, 1.82) is 0 Å². The number of aryl methyl sites for hydroxylation is 2. The Morgan fingerprint density at radius 3 is 2.46 bits per heavy atom. The fourth-order valence-corrected chi connectivity index (χ4v) is 3.53. The van der Waals surface area contributed by atoms with Crippen LogP contribution in [-0.2, 0) is 16.1 Å². The molecule has 0 spiro atoms. The number of nitro benzene ring substituents is 1. The van der Waals surface area contributed by atoms with Crippen LogP contribution in [-0.4, -0.2) is 23.4 Å². The average molecular weight is 472 g/mol. The number of hydrogen-bond acceptors (Lipinski definition) is 7. The molecule has 8 heteroatoms. The first kappa shape index (κ1) is 23.7. The largest absolute Gasteiger partial charge is 0.490 e. The number of nitro groups is 1. The zero-order valence-electron chi connectivity index (χ0n) is 19.6. The Hall–Kier alpha value is -4.46. The normalized spacial score (nSPS) is 14.0. The van der Waals surface area contributed by atoms with E-state index in [1.807, 2.05) is 38.1 Å². The van der Waals surface area contributed by atoms with Crippen molar-refractivity contribution in [2.24, 2.45) is 4.99 Å². The van der Waals surface area contributed by atoms with Gasteiger partial charge in [0.2, 0.25) is 5.90 Å². The maximum absolute atomic E-state index is 12.4. The fourth-order valence-electron chi connectivity index (χ4n) is 3.53. The number of aliphatic imine (C=N–C) groups is 1. The Kier molecular flexibility index (Phi) is 6.91. The molecule has 1 aliphatic heterocycles. The van der Waals surface area contributed by atoms with E-state index < -0.39 is 10.9 Å². The van der Waals surface area contributed by atoms with Gasteiger partial charge in [-0.1, -0.05) is 35.9 Å². The summed E-state index contributed by atoms with van der Waals surface area (Å²) in [4.78, 5) is 27.3. The lowest BCUT2D eigenvalue weighted by Gasteiger charge is -2.13. The molecule has 8 nitrogen and oxygen atoms in total. The van der Waals surface area contributed by atoms with Crippen LogP contribution in [0.25, 0.3) is 6.08 Å². The Morgan fingerprint density at radius 2 is 1.77 bits per heavy atom. The van der Waals surface area contributed by atoms with E-state index in [-0.39, 0.29) is 17.3 Å². The molecule has 0 amide bonds. The van der Waals surface area contributed by atoms with Crippen LogP contribution in [0.2, 0.25) is 0 Å². The molecule has 178 valence electrons. The third kappa shape index (κ3) is 5.55. The lowest BCUT2D eigenvalue weighted by molar-refractivity contribution is -0.385. The second-order valence-electron chi connectivity index (χ2n) is 8.01. The topological polar surface area (TPSA) is 100 Å². The van der Waals surface area contributed by atoms with Gasteiger partial charge in [-0.2, -0.15) is 0 Å². The summed E-state index contributed by atoms with van der Waals surface area (Å²) in [6, 6.07) is 17.9. The third-order valence-corrected chi connectivity index (χ3v) is 5.35. The molecule has 0 radical (unpaired) electrons. The van der Waals surface area contributed by atoms with Gasteiger partial charge in [0, 0.05) is 17.2 Å². The van der Waals surface area contributed by atoms with Crippen molar-refractivity contribution >= 4 is 23.6 Å². The van der Waals surface area contributed by atoms with Crippen molar-refractivity contribution in [3.8, 4) is 11.5 Å². The van der Waals surface area contributed by atoms with Gasteiger partial charge in [0.05, 0.1) is 11.5 Å². The lowest BCUT2D eigenvalue weighted by Crippen LogP contribution is -2.06. The van der Waals surface area contributed by atoms with Gasteiger partial charge < -0.3 is 14.2 Å². The van der Waals surface area contributed by atoms with Crippen LogP contribution in [0.1, 0.15) is 34.7 Å². The van der Waals surface area contributed by atoms with Crippen LogP contribution >= 0.6 is 0 Å². The molecule has 0 N–H and O–H groups in total. The summed E-state index contributed by atoms with van der Waals surface area (Å²) >= 11 is 0. The maximum atomic E-state index is 12.4. The van der Waals surface area contributed by atoms with Gasteiger partial charge in [0.15, 0.2) is 17.2 Å². The van der Waals surface area contributed by atoms with E-state index in [9.17, 15) is 14.9 Å². The number of hydrogen-bond donors (Lipinski definition) is 0. The highest BCUT2D eigenvalue weighted by Crippen LogP contribution is 2.31. The summed E-state index contributed by atoms with van der Waals surface area (Å²) in [5.74, 6) is 0.639. The number of cyclic esters (lactones) is 1. The van der Waals surface area contributed by atoms with Gasteiger partial charge in [0.25, 0.3) is 5.69 Å². The van der Waals surface area contributed by atoms with Crippen LogP contribution in [0.15, 0.2) is 71.4 Å². The summed E-state index contributed by atoms with van der Waals surface area (Å²) in [6.45, 7) is 6.38. The van der Waals surface area contributed by atoms with E-state index in [1.54, 1.807) is 37.3 Å². The molecule has 1 aliphatic rings. The van der Waals surface area contributed by atoms with Crippen molar-refractivity contribution in [1.82, 2.24) is 0 Å². The van der Waals surface area contributed by atoms with E-state index in [2.05, 4.69) is 4.99 Å². The average Bonchev–Trinajstić information content (AvgIpc) is 3.19. The number of ether oxygens (including phenoxy) is 3. The van der Waals surface area contributed by atoms with Gasteiger partial charge in [0.1, 0.15) is 6.61 Å². The van der Waals surface area contributed by atoms with Crippen molar-refractivity contribution in [2.75, 3.05) is 6.61 Å². The highest BCUT2D eigenvalue weighted by molar-refractivity contribution is 6.13. The minimum Gasteiger partial charge on any atom is -0.490 e. The van der Waals surface area contributed by atoms with Crippen LogP contribution in [0.3, 0.4) is 0 Å². The summed E-state index contributed by atoms with van der Waals surface area (Å²) in [6.07, 6.45) is 1.60. The van der Waals surface area contributed by atoms with Crippen LogP contribution in [0.5, 0.6) is 11.5 Å². The molecular weight excluding hydrogens is 448 g/mol. The lowest BCUT2D eigenvalue weighted by atomic mass is 10.1. The molecule has 4 rings (SSSR count). The molecule has 3 aromatic rings. The van der Waals surface area contributed by atoms with Crippen molar-refractivity contribution < 1.29 is 23.9 Å². The Labute approximate surface area is 202 Å². The smallest absolute Gasteiger partial charge is 0.363 e.